The summed E-state index contributed by atoms with van der Waals surface area (Å²) in [6.45, 7) is 2.46. The quantitative estimate of drug-likeness (QED) is 0.477. The summed E-state index contributed by atoms with van der Waals surface area (Å²) < 4.78 is 5.22. The van der Waals surface area contributed by atoms with Gasteiger partial charge in [0.2, 0.25) is 0 Å². The molecule has 0 heterocycles. The summed E-state index contributed by atoms with van der Waals surface area (Å²) in [6, 6.07) is 17.6. The fraction of sp³-hybridized carbons (Fsp3) is 0.238. The minimum atomic E-state index is -0.343. The second kappa shape index (κ2) is 9.29. The van der Waals surface area contributed by atoms with Crippen LogP contribution >= 0.6 is 0 Å². The minimum absolute atomic E-state index is 0.101. The molecule has 2 aromatic carbocycles. The summed E-state index contributed by atoms with van der Waals surface area (Å²) in [7, 11) is 1.61. The van der Waals surface area contributed by atoms with Crippen LogP contribution in [0.3, 0.4) is 0 Å². The molecule has 0 spiro atoms. The standard InChI is InChI=1S/C21H22N2O2/c1-16-13-18(10-11-20(16)25-2)14-19(15-22)21(24)23-12-6-9-17-7-4-3-5-8-17/h3-5,7-8,10-11,13-14H,6,9,12H2,1-2H3,(H,23,24)/b19-14-. The Kier molecular flexibility index (Phi) is 6.79. The van der Waals surface area contributed by atoms with Crippen LogP contribution in [0.4, 0.5) is 0 Å². The summed E-state index contributed by atoms with van der Waals surface area (Å²) in [6.07, 6.45) is 3.32. The predicted molar refractivity (Wildman–Crippen MR) is 99.1 cm³/mol. The molecule has 2 aromatic rings. The lowest BCUT2D eigenvalue weighted by molar-refractivity contribution is -0.117. The van der Waals surface area contributed by atoms with Gasteiger partial charge in [0.1, 0.15) is 17.4 Å². The average molecular weight is 334 g/mol. The number of carbonyl (C=O) groups excluding carboxylic acids is 1. The third-order valence-electron chi connectivity index (χ3n) is 3.87. The molecular weight excluding hydrogens is 312 g/mol. The zero-order valence-electron chi connectivity index (χ0n) is 14.6. The lowest BCUT2D eigenvalue weighted by atomic mass is 10.1. The predicted octanol–water partition coefficient (Wildman–Crippen LogP) is 3.66. The van der Waals surface area contributed by atoms with Gasteiger partial charge in [-0.3, -0.25) is 4.79 Å². The molecule has 0 radical (unpaired) electrons. The summed E-state index contributed by atoms with van der Waals surface area (Å²) in [5.74, 6) is 0.435. The van der Waals surface area contributed by atoms with Gasteiger partial charge in [0, 0.05) is 6.54 Å². The van der Waals surface area contributed by atoms with E-state index < -0.39 is 0 Å². The Labute approximate surface area is 148 Å². The Morgan fingerprint density at radius 2 is 2.00 bits per heavy atom. The van der Waals surface area contributed by atoms with Gasteiger partial charge in [-0.2, -0.15) is 5.26 Å². The molecule has 0 aliphatic carbocycles. The molecule has 25 heavy (non-hydrogen) atoms. The highest BCUT2D eigenvalue weighted by atomic mass is 16.5. The molecule has 0 saturated heterocycles. The molecule has 0 aliphatic rings. The van der Waals surface area contributed by atoms with Crippen molar-refractivity contribution in [2.45, 2.75) is 19.8 Å². The van der Waals surface area contributed by atoms with Crippen LogP contribution < -0.4 is 10.1 Å². The van der Waals surface area contributed by atoms with Gasteiger partial charge in [-0.1, -0.05) is 36.4 Å². The van der Waals surface area contributed by atoms with E-state index in [0.717, 1.165) is 29.7 Å². The Balaban J connectivity index is 1.92. The molecule has 1 N–H and O–H groups in total. The van der Waals surface area contributed by atoms with E-state index in [-0.39, 0.29) is 11.5 Å². The monoisotopic (exact) mass is 334 g/mol. The van der Waals surface area contributed by atoms with E-state index in [4.69, 9.17) is 4.74 Å². The van der Waals surface area contributed by atoms with E-state index in [9.17, 15) is 10.1 Å². The average Bonchev–Trinajstić information content (AvgIpc) is 2.64. The first-order valence-corrected chi connectivity index (χ1v) is 8.22. The van der Waals surface area contributed by atoms with Crippen molar-refractivity contribution in [1.82, 2.24) is 5.32 Å². The van der Waals surface area contributed by atoms with Crippen molar-refractivity contribution in [1.29, 1.82) is 5.26 Å². The molecule has 2 rings (SSSR count). The first-order valence-electron chi connectivity index (χ1n) is 8.22. The molecule has 4 heteroatoms. The van der Waals surface area contributed by atoms with E-state index in [1.54, 1.807) is 13.2 Å². The number of nitriles is 1. The number of amides is 1. The number of carbonyl (C=O) groups is 1. The first kappa shape index (κ1) is 18.3. The fourth-order valence-electron chi connectivity index (χ4n) is 2.54. The summed E-state index contributed by atoms with van der Waals surface area (Å²) in [5, 5.41) is 12.1. The summed E-state index contributed by atoms with van der Waals surface area (Å²) in [4.78, 5) is 12.2. The van der Waals surface area contributed by atoms with E-state index in [0.29, 0.717) is 6.54 Å². The minimum Gasteiger partial charge on any atom is -0.496 e. The Bertz CT molecular complexity index is 789. The molecule has 0 bridgehead atoms. The number of aryl methyl sites for hydroxylation is 2. The van der Waals surface area contributed by atoms with E-state index in [1.807, 2.05) is 49.4 Å². The van der Waals surface area contributed by atoms with Crippen LogP contribution in [0.25, 0.3) is 6.08 Å². The van der Waals surface area contributed by atoms with E-state index >= 15 is 0 Å². The second-order valence-electron chi connectivity index (χ2n) is 5.74. The number of hydrogen-bond donors (Lipinski definition) is 1. The number of methoxy groups -OCH3 is 1. The summed E-state index contributed by atoms with van der Waals surface area (Å²) >= 11 is 0. The molecule has 0 atom stereocenters. The van der Waals surface area contributed by atoms with Gasteiger partial charge in [-0.15, -0.1) is 0 Å². The van der Waals surface area contributed by atoms with E-state index in [1.165, 1.54) is 5.56 Å². The van der Waals surface area contributed by atoms with Crippen molar-refractivity contribution in [3.8, 4) is 11.8 Å². The highest BCUT2D eigenvalue weighted by Gasteiger charge is 2.09. The van der Waals surface area contributed by atoms with Crippen molar-refractivity contribution in [2.75, 3.05) is 13.7 Å². The third-order valence-corrected chi connectivity index (χ3v) is 3.87. The number of nitrogens with zero attached hydrogens (tertiary/aromatic N) is 1. The number of rotatable bonds is 7. The molecule has 128 valence electrons. The normalized spacial score (nSPS) is 10.8. The smallest absolute Gasteiger partial charge is 0.261 e. The van der Waals surface area contributed by atoms with Crippen LogP contribution in [-0.2, 0) is 11.2 Å². The molecule has 0 aromatic heterocycles. The maximum absolute atomic E-state index is 12.2. The zero-order valence-corrected chi connectivity index (χ0v) is 14.6. The number of nitrogens with one attached hydrogen (secondary N) is 1. The fourth-order valence-corrected chi connectivity index (χ4v) is 2.54. The number of ether oxygens (including phenoxy) is 1. The first-order chi connectivity index (χ1) is 12.1. The number of hydrogen-bond acceptors (Lipinski definition) is 3. The van der Waals surface area contributed by atoms with Gasteiger partial charge in [0.15, 0.2) is 0 Å². The topological polar surface area (TPSA) is 62.1 Å². The highest BCUT2D eigenvalue weighted by molar-refractivity contribution is 6.01. The lowest BCUT2D eigenvalue weighted by Crippen LogP contribution is -2.25. The van der Waals surface area contributed by atoms with Crippen LogP contribution in [0.5, 0.6) is 5.75 Å². The maximum Gasteiger partial charge on any atom is 0.261 e. The Morgan fingerprint density at radius 1 is 1.24 bits per heavy atom. The SMILES string of the molecule is COc1ccc(/C=C(/C#N)C(=O)NCCCc2ccccc2)cc1C. The van der Waals surface area contributed by atoms with Crippen molar-refractivity contribution in [3.63, 3.8) is 0 Å². The van der Waals surface area contributed by atoms with Gasteiger partial charge in [-0.05, 0) is 54.7 Å². The zero-order chi connectivity index (χ0) is 18.1. The van der Waals surface area contributed by atoms with Crippen molar-refractivity contribution < 1.29 is 9.53 Å². The van der Waals surface area contributed by atoms with Crippen LogP contribution in [0, 0.1) is 18.3 Å². The van der Waals surface area contributed by atoms with Gasteiger partial charge >= 0.3 is 0 Å². The molecule has 0 fully saturated rings. The molecule has 1 amide bonds. The van der Waals surface area contributed by atoms with Gasteiger partial charge in [-0.25, -0.2) is 0 Å². The molecule has 0 aliphatic heterocycles. The largest absolute Gasteiger partial charge is 0.496 e. The highest BCUT2D eigenvalue weighted by Crippen LogP contribution is 2.20. The Hall–Kier alpha value is -3.06. The third kappa shape index (κ3) is 5.50. The van der Waals surface area contributed by atoms with Crippen LogP contribution in [0.15, 0.2) is 54.1 Å². The van der Waals surface area contributed by atoms with Crippen LogP contribution in [0.2, 0.25) is 0 Å². The molecular formula is C21H22N2O2. The summed E-state index contributed by atoms with van der Waals surface area (Å²) in [5.41, 5.74) is 3.09. The van der Waals surface area contributed by atoms with Crippen LogP contribution in [-0.4, -0.2) is 19.6 Å². The Morgan fingerprint density at radius 3 is 2.64 bits per heavy atom. The maximum atomic E-state index is 12.2. The van der Waals surface area contributed by atoms with Gasteiger partial charge in [0.25, 0.3) is 5.91 Å². The molecule has 0 unspecified atom stereocenters. The van der Waals surface area contributed by atoms with Gasteiger partial charge < -0.3 is 10.1 Å². The van der Waals surface area contributed by atoms with Gasteiger partial charge in [0.05, 0.1) is 7.11 Å². The van der Waals surface area contributed by atoms with E-state index in [2.05, 4.69) is 17.4 Å². The van der Waals surface area contributed by atoms with Crippen molar-refractivity contribution in [3.05, 3.63) is 70.8 Å². The van der Waals surface area contributed by atoms with Crippen molar-refractivity contribution in [2.24, 2.45) is 0 Å². The lowest BCUT2D eigenvalue weighted by Gasteiger charge is -2.06. The van der Waals surface area contributed by atoms with Crippen molar-refractivity contribution >= 4 is 12.0 Å². The molecule has 4 nitrogen and oxygen atoms in total. The second-order valence-corrected chi connectivity index (χ2v) is 5.74. The molecule has 0 saturated carbocycles. The van der Waals surface area contributed by atoms with Crippen LogP contribution in [0.1, 0.15) is 23.1 Å². The number of benzene rings is 2.